The first-order chi connectivity index (χ1) is 12.5. The maximum absolute atomic E-state index is 6.81. The molecule has 136 valence electrons. The molecule has 2 aromatic carbocycles. The minimum absolute atomic E-state index is 0.327. The molecule has 1 heterocycles. The number of imidazole rings is 1. The fourth-order valence-electron chi connectivity index (χ4n) is 2.28. The highest BCUT2D eigenvalue weighted by Crippen LogP contribution is 2.33. The lowest BCUT2D eigenvalue weighted by atomic mass is 10.1. The van der Waals surface area contributed by atoms with Crippen molar-refractivity contribution < 1.29 is 4.74 Å². The van der Waals surface area contributed by atoms with Crippen molar-refractivity contribution in [3.63, 3.8) is 0 Å². The van der Waals surface area contributed by atoms with Gasteiger partial charge in [0.1, 0.15) is 5.94 Å². The van der Waals surface area contributed by atoms with E-state index in [1.54, 1.807) is 35.4 Å². The van der Waals surface area contributed by atoms with E-state index in [-0.39, 0.29) is 0 Å². The van der Waals surface area contributed by atoms with Gasteiger partial charge in [-0.25, -0.2) is 4.98 Å². The lowest BCUT2D eigenvalue weighted by Crippen LogP contribution is -2.32. The zero-order valence-electron chi connectivity index (χ0n) is 13.4. The van der Waals surface area contributed by atoms with Crippen molar-refractivity contribution in [2.45, 2.75) is 16.5 Å². The summed E-state index contributed by atoms with van der Waals surface area (Å²) >= 11 is 26.2. The summed E-state index contributed by atoms with van der Waals surface area (Å²) in [6.45, 7) is 0. The Bertz CT molecular complexity index is 858. The van der Waals surface area contributed by atoms with Gasteiger partial charge >= 0.3 is 0 Å². The molecule has 0 fully saturated rings. The van der Waals surface area contributed by atoms with E-state index in [9.17, 15) is 0 Å². The zero-order chi connectivity index (χ0) is 18.6. The fraction of sp³-hybridized carbons (Fsp3) is 0.167. The van der Waals surface area contributed by atoms with Crippen LogP contribution in [0.4, 0.5) is 0 Å². The average Bonchev–Trinajstić information content (AvgIpc) is 3.16. The number of rotatable bonds is 7. The Morgan fingerprint density at radius 2 is 1.81 bits per heavy atom. The monoisotopic (exact) mass is 446 g/mol. The number of nitrogens with zero attached hydrogens (tertiary/aromatic N) is 2. The molecule has 1 atom stereocenters. The number of alkyl halides is 1. The first-order valence-corrected chi connectivity index (χ1v) is 10.1. The highest BCUT2D eigenvalue weighted by atomic mass is 35.5. The molecule has 0 radical (unpaired) electrons. The molecule has 0 saturated heterocycles. The van der Waals surface area contributed by atoms with E-state index in [0.717, 1.165) is 10.5 Å². The van der Waals surface area contributed by atoms with Gasteiger partial charge in [-0.2, -0.15) is 0 Å². The van der Waals surface area contributed by atoms with Crippen molar-refractivity contribution in [3.8, 4) is 0 Å². The van der Waals surface area contributed by atoms with Gasteiger partial charge in [0.2, 0.25) is 5.18 Å². The smallest absolute Gasteiger partial charge is 0.228 e. The molecule has 1 aromatic heterocycles. The van der Waals surface area contributed by atoms with E-state index in [2.05, 4.69) is 4.98 Å². The van der Waals surface area contributed by atoms with Crippen LogP contribution in [-0.4, -0.2) is 15.5 Å². The second-order valence-corrected chi connectivity index (χ2v) is 8.28. The third-order valence-corrected chi connectivity index (χ3v) is 5.87. The molecule has 3 nitrogen and oxygen atoms in total. The van der Waals surface area contributed by atoms with E-state index in [1.165, 1.54) is 11.8 Å². The van der Waals surface area contributed by atoms with Crippen LogP contribution in [0, 0.1) is 0 Å². The van der Waals surface area contributed by atoms with Crippen LogP contribution in [0.15, 0.2) is 66.1 Å². The van der Waals surface area contributed by atoms with Crippen LogP contribution in [-0.2, 0) is 16.3 Å². The first-order valence-electron chi connectivity index (χ1n) is 7.60. The number of aromatic nitrogens is 2. The Kier molecular flexibility index (Phi) is 6.78. The van der Waals surface area contributed by atoms with Gasteiger partial charge in [-0.05, 0) is 35.9 Å². The second kappa shape index (κ2) is 8.87. The van der Waals surface area contributed by atoms with Crippen molar-refractivity contribution >= 4 is 58.2 Å². The lowest BCUT2D eigenvalue weighted by molar-refractivity contribution is -0.00993. The topological polar surface area (TPSA) is 27.1 Å². The predicted molar refractivity (Wildman–Crippen MR) is 109 cm³/mol. The van der Waals surface area contributed by atoms with Crippen molar-refractivity contribution in [2.24, 2.45) is 0 Å². The van der Waals surface area contributed by atoms with E-state index in [4.69, 9.17) is 51.1 Å². The molecule has 0 saturated carbocycles. The third-order valence-electron chi connectivity index (χ3n) is 3.62. The lowest BCUT2D eigenvalue weighted by Gasteiger charge is -2.28. The molecule has 0 aliphatic rings. The van der Waals surface area contributed by atoms with Gasteiger partial charge in [-0.3, -0.25) is 4.57 Å². The molecule has 1 unspecified atom stereocenters. The molecule has 0 spiro atoms. The second-order valence-electron chi connectivity index (χ2n) is 5.44. The van der Waals surface area contributed by atoms with Crippen molar-refractivity contribution in [3.05, 3.63) is 81.8 Å². The number of benzene rings is 2. The number of ether oxygens (including phenoxy) is 1. The highest BCUT2D eigenvalue weighted by molar-refractivity contribution is 7.99. The Morgan fingerprint density at radius 1 is 1.04 bits per heavy atom. The van der Waals surface area contributed by atoms with Crippen molar-refractivity contribution in [2.75, 3.05) is 5.94 Å². The van der Waals surface area contributed by atoms with Gasteiger partial charge in [0.15, 0.2) is 0 Å². The van der Waals surface area contributed by atoms with Crippen LogP contribution >= 0.6 is 58.2 Å². The average molecular weight is 448 g/mol. The molecular formula is C18H14Cl4N2OS. The van der Waals surface area contributed by atoms with Gasteiger partial charge in [0, 0.05) is 28.7 Å². The number of halogens is 4. The van der Waals surface area contributed by atoms with Crippen LogP contribution in [0.25, 0.3) is 0 Å². The van der Waals surface area contributed by atoms with Gasteiger partial charge in [0.05, 0.1) is 16.4 Å². The maximum Gasteiger partial charge on any atom is 0.228 e. The molecule has 0 aliphatic carbocycles. The van der Waals surface area contributed by atoms with E-state index in [1.807, 2.05) is 30.3 Å². The van der Waals surface area contributed by atoms with Crippen LogP contribution < -0.4 is 0 Å². The van der Waals surface area contributed by atoms with Gasteiger partial charge in [0.25, 0.3) is 0 Å². The van der Waals surface area contributed by atoms with Crippen LogP contribution in [0.3, 0.4) is 0 Å². The highest BCUT2D eigenvalue weighted by Gasteiger charge is 2.30. The summed E-state index contributed by atoms with van der Waals surface area (Å²) in [5, 5.41) is 0.593. The Morgan fingerprint density at radius 3 is 2.46 bits per heavy atom. The van der Waals surface area contributed by atoms with Crippen molar-refractivity contribution in [1.82, 2.24) is 9.55 Å². The SMILES string of the molecule is Clc1ccc(CC(Cl)(OCSc2ccc(Cl)c(Cl)c2)n2ccnc2)cc1. The van der Waals surface area contributed by atoms with E-state index in [0.29, 0.717) is 27.4 Å². The van der Waals surface area contributed by atoms with E-state index < -0.39 is 5.18 Å². The standard InChI is InChI=1S/C18H14Cl4N2OS/c19-14-3-1-13(2-4-14)10-18(22,24-8-7-23-11-24)25-12-26-15-5-6-16(20)17(21)9-15/h1-9,11H,10,12H2. The fourth-order valence-corrected chi connectivity index (χ4v) is 3.90. The molecule has 3 aromatic rings. The summed E-state index contributed by atoms with van der Waals surface area (Å²) in [5.41, 5.74) is 0.998. The van der Waals surface area contributed by atoms with Gasteiger partial charge < -0.3 is 4.74 Å². The van der Waals surface area contributed by atoms with Crippen LogP contribution in [0.5, 0.6) is 0 Å². The summed E-state index contributed by atoms with van der Waals surface area (Å²) in [6, 6.07) is 12.9. The quantitative estimate of drug-likeness (QED) is 0.229. The summed E-state index contributed by atoms with van der Waals surface area (Å²) in [4.78, 5) is 5.01. The molecule has 0 N–H and O–H groups in total. The first kappa shape index (κ1) is 19.9. The molecule has 0 aliphatic heterocycles. The van der Waals surface area contributed by atoms with Crippen LogP contribution in [0.2, 0.25) is 15.1 Å². The number of hydrogen-bond acceptors (Lipinski definition) is 3. The minimum atomic E-state index is -1.10. The normalized spacial score (nSPS) is 13.5. The molecule has 0 amide bonds. The Labute approximate surface area is 176 Å². The zero-order valence-corrected chi connectivity index (χ0v) is 17.3. The molecular weight excluding hydrogens is 434 g/mol. The van der Waals surface area contributed by atoms with Crippen LogP contribution in [0.1, 0.15) is 5.56 Å². The maximum atomic E-state index is 6.81. The Hall–Kier alpha value is -0.880. The molecule has 8 heteroatoms. The van der Waals surface area contributed by atoms with Crippen molar-refractivity contribution in [1.29, 1.82) is 0 Å². The largest absolute Gasteiger partial charge is 0.330 e. The molecule has 3 rings (SSSR count). The van der Waals surface area contributed by atoms with Gasteiger partial charge in [-0.15, -0.1) is 0 Å². The number of hydrogen-bond donors (Lipinski definition) is 0. The molecule has 0 bridgehead atoms. The minimum Gasteiger partial charge on any atom is -0.330 e. The summed E-state index contributed by atoms with van der Waals surface area (Å²) in [6.07, 6.45) is 5.51. The van der Waals surface area contributed by atoms with E-state index >= 15 is 0 Å². The summed E-state index contributed by atoms with van der Waals surface area (Å²) in [7, 11) is 0. The predicted octanol–water partition coefficient (Wildman–Crippen LogP) is 6.70. The Balaban J connectivity index is 1.71. The third kappa shape index (κ3) is 5.10. The summed E-state index contributed by atoms with van der Waals surface area (Å²) in [5.74, 6) is 0.327. The number of thioether (sulfide) groups is 1. The molecule has 26 heavy (non-hydrogen) atoms. The van der Waals surface area contributed by atoms with Gasteiger partial charge in [-0.1, -0.05) is 70.3 Å². The summed E-state index contributed by atoms with van der Waals surface area (Å²) < 4.78 is 7.76.